The van der Waals surface area contributed by atoms with Crippen molar-refractivity contribution in [3.8, 4) is 0 Å². The normalized spacial score (nSPS) is 15.4. The Morgan fingerprint density at radius 1 is 1.43 bits per heavy atom. The van der Waals surface area contributed by atoms with Crippen LogP contribution in [0.3, 0.4) is 0 Å². The lowest BCUT2D eigenvalue weighted by Gasteiger charge is -2.12. The largest absolute Gasteiger partial charge is 0.392 e. The molecule has 5 nitrogen and oxygen atoms in total. The van der Waals surface area contributed by atoms with Gasteiger partial charge in [-0.2, -0.15) is 0 Å². The van der Waals surface area contributed by atoms with Crippen molar-refractivity contribution < 1.29 is 18.3 Å². The number of aliphatic hydroxyl groups is 1. The maximum Gasteiger partial charge on any atom is 0.240 e. The zero-order valence-corrected chi connectivity index (χ0v) is 13.5. The van der Waals surface area contributed by atoms with Crippen LogP contribution in [0.4, 0.5) is 0 Å². The molecule has 2 N–H and O–H groups in total. The SMILES string of the molecule is Cc1c(CO)cc(Cl)cc1S(=O)(=O)NCCOCC1CC1. The zero-order valence-electron chi connectivity index (χ0n) is 11.9. The number of nitrogens with one attached hydrogen (secondary N) is 1. The Bertz CT molecular complexity index is 599. The van der Waals surface area contributed by atoms with Gasteiger partial charge in [0.05, 0.1) is 18.1 Å². The molecule has 1 aromatic carbocycles. The lowest BCUT2D eigenvalue weighted by atomic mass is 10.1. The summed E-state index contributed by atoms with van der Waals surface area (Å²) in [6.45, 7) is 2.67. The summed E-state index contributed by atoms with van der Waals surface area (Å²) in [6, 6.07) is 2.96. The van der Waals surface area contributed by atoms with Gasteiger partial charge in [-0.15, -0.1) is 0 Å². The molecule has 0 atom stereocenters. The summed E-state index contributed by atoms with van der Waals surface area (Å²) in [5, 5.41) is 9.53. The summed E-state index contributed by atoms with van der Waals surface area (Å²) in [4.78, 5) is 0.0984. The van der Waals surface area contributed by atoms with Crippen LogP contribution in [0.2, 0.25) is 5.02 Å². The quantitative estimate of drug-likeness (QED) is 0.712. The van der Waals surface area contributed by atoms with Gasteiger partial charge in [-0.3, -0.25) is 0 Å². The lowest BCUT2D eigenvalue weighted by Crippen LogP contribution is -2.28. The van der Waals surface area contributed by atoms with Crippen LogP contribution in [0, 0.1) is 12.8 Å². The van der Waals surface area contributed by atoms with Gasteiger partial charge in [-0.05, 0) is 48.9 Å². The fourth-order valence-electron chi connectivity index (χ4n) is 2.01. The molecule has 0 aliphatic heterocycles. The Kier molecular flexibility index (Phi) is 5.62. The van der Waals surface area contributed by atoms with Gasteiger partial charge >= 0.3 is 0 Å². The van der Waals surface area contributed by atoms with Gasteiger partial charge in [0.25, 0.3) is 0 Å². The van der Waals surface area contributed by atoms with E-state index in [9.17, 15) is 13.5 Å². The van der Waals surface area contributed by atoms with Crippen molar-refractivity contribution in [3.05, 3.63) is 28.3 Å². The number of ether oxygens (including phenoxy) is 1. The van der Waals surface area contributed by atoms with Crippen LogP contribution < -0.4 is 4.72 Å². The van der Waals surface area contributed by atoms with Crippen LogP contribution in [0.25, 0.3) is 0 Å². The third kappa shape index (κ3) is 4.66. The number of hydrogen-bond donors (Lipinski definition) is 2. The molecule has 0 heterocycles. The van der Waals surface area contributed by atoms with Crippen molar-refractivity contribution in [3.63, 3.8) is 0 Å². The highest BCUT2D eigenvalue weighted by Gasteiger charge is 2.22. The minimum atomic E-state index is -3.66. The van der Waals surface area contributed by atoms with Crippen molar-refractivity contribution >= 4 is 21.6 Å². The van der Waals surface area contributed by atoms with Gasteiger partial charge in [-0.25, -0.2) is 13.1 Å². The van der Waals surface area contributed by atoms with E-state index >= 15 is 0 Å². The second-order valence-corrected chi connectivity index (χ2v) is 7.43. The molecule has 21 heavy (non-hydrogen) atoms. The van der Waals surface area contributed by atoms with Crippen molar-refractivity contribution in [2.75, 3.05) is 19.8 Å². The molecule has 0 unspecified atom stereocenters. The molecule has 1 aliphatic carbocycles. The van der Waals surface area contributed by atoms with Gasteiger partial charge in [-0.1, -0.05) is 11.6 Å². The lowest BCUT2D eigenvalue weighted by molar-refractivity contribution is 0.129. The molecule has 0 saturated heterocycles. The van der Waals surface area contributed by atoms with Crippen LogP contribution in [-0.4, -0.2) is 33.3 Å². The van der Waals surface area contributed by atoms with E-state index in [0.717, 1.165) is 0 Å². The molecule has 0 spiro atoms. The first kappa shape index (κ1) is 16.7. The molecular formula is C14H20ClNO4S. The fraction of sp³-hybridized carbons (Fsp3) is 0.571. The topological polar surface area (TPSA) is 75.6 Å². The number of hydrogen-bond acceptors (Lipinski definition) is 4. The molecule has 0 amide bonds. The first-order chi connectivity index (χ1) is 9.94. The van der Waals surface area contributed by atoms with Crippen LogP contribution in [0.1, 0.15) is 24.0 Å². The highest BCUT2D eigenvalue weighted by Crippen LogP contribution is 2.28. The Hall–Kier alpha value is -0.660. The average molecular weight is 334 g/mol. The minimum absolute atomic E-state index is 0.0984. The van der Waals surface area contributed by atoms with E-state index in [1.807, 2.05) is 0 Å². The smallest absolute Gasteiger partial charge is 0.240 e. The van der Waals surface area contributed by atoms with Gasteiger partial charge in [0.2, 0.25) is 10.0 Å². The first-order valence-corrected chi connectivity index (χ1v) is 8.77. The van der Waals surface area contributed by atoms with E-state index in [0.29, 0.717) is 30.3 Å². The highest BCUT2D eigenvalue weighted by molar-refractivity contribution is 7.89. The maximum absolute atomic E-state index is 12.3. The number of rotatable bonds is 8. The minimum Gasteiger partial charge on any atom is -0.392 e. The number of halogens is 1. The standard InChI is InChI=1S/C14H20ClNO4S/c1-10-12(8-17)6-13(15)7-14(10)21(18,19)16-4-5-20-9-11-2-3-11/h6-7,11,16-17H,2-5,8-9H2,1H3. The second kappa shape index (κ2) is 7.07. The van der Waals surface area contributed by atoms with Crippen molar-refractivity contribution in [2.24, 2.45) is 5.92 Å². The predicted octanol–water partition coefficient (Wildman–Crippen LogP) is 1.85. The molecule has 1 aromatic rings. The predicted molar refractivity (Wildman–Crippen MR) is 80.8 cm³/mol. The zero-order chi connectivity index (χ0) is 15.5. The van der Waals surface area contributed by atoms with Crippen molar-refractivity contribution in [1.29, 1.82) is 0 Å². The molecule has 1 fully saturated rings. The first-order valence-electron chi connectivity index (χ1n) is 6.91. The fourth-order valence-corrected chi connectivity index (χ4v) is 3.64. The Morgan fingerprint density at radius 3 is 2.76 bits per heavy atom. The van der Waals surface area contributed by atoms with Crippen LogP contribution >= 0.6 is 11.6 Å². The van der Waals surface area contributed by atoms with E-state index < -0.39 is 10.0 Å². The Morgan fingerprint density at radius 2 is 2.14 bits per heavy atom. The van der Waals surface area contributed by atoms with Crippen molar-refractivity contribution in [1.82, 2.24) is 4.72 Å². The summed E-state index contributed by atoms with van der Waals surface area (Å²) in [5.74, 6) is 0.656. The average Bonchev–Trinajstić information content (AvgIpc) is 3.24. The summed E-state index contributed by atoms with van der Waals surface area (Å²) in [7, 11) is -3.66. The monoisotopic (exact) mass is 333 g/mol. The van der Waals surface area contributed by atoms with Gasteiger partial charge in [0.15, 0.2) is 0 Å². The molecule has 2 rings (SSSR count). The molecule has 118 valence electrons. The number of sulfonamides is 1. The maximum atomic E-state index is 12.3. The molecule has 7 heteroatoms. The van der Waals surface area contributed by atoms with Crippen LogP contribution in [-0.2, 0) is 21.4 Å². The summed E-state index contributed by atoms with van der Waals surface area (Å²) < 4.78 is 32.4. The van der Waals surface area contributed by atoms with Crippen LogP contribution in [0.15, 0.2) is 17.0 Å². The second-order valence-electron chi connectivity index (χ2n) is 5.26. The Labute approximate surface area is 130 Å². The summed E-state index contributed by atoms with van der Waals surface area (Å²) >= 11 is 5.90. The molecule has 0 radical (unpaired) electrons. The third-order valence-corrected chi connectivity index (χ3v) is 5.29. The molecule has 1 aliphatic rings. The van der Waals surface area contributed by atoms with E-state index in [4.69, 9.17) is 16.3 Å². The molecule has 0 bridgehead atoms. The molecular weight excluding hydrogens is 314 g/mol. The molecule has 1 saturated carbocycles. The van der Waals surface area contributed by atoms with Crippen LogP contribution in [0.5, 0.6) is 0 Å². The third-order valence-electron chi connectivity index (χ3n) is 3.48. The summed E-state index contributed by atoms with van der Waals surface area (Å²) in [6.07, 6.45) is 2.41. The van der Waals surface area contributed by atoms with Crippen molar-refractivity contribution in [2.45, 2.75) is 31.3 Å². The van der Waals surface area contributed by atoms with E-state index in [-0.39, 0.29) is 23.1 Å². The molecule has 0 aromatic heterocycles. The van der Waals surface area contributed by atoms with E-state index in [1.54, 1.807) is 13.0 Å². The van der Waals surface area contributed by atoms with E-state index in [1.165, 1.54) is 18.9 Å². The number of benzene rings is 1. The Balaban J connectivity index is 1.99. The van der Waals surface area contributed by atoms with Gasteiger partial charge in [0.1, 0.15) is 0 Å². The highest BCUT2D eigenvalue weighted by atomic mass is 35.5. The van der Waals surface area contributed by atoms with Gasteiger partial charge < -0.3 is 9.84 Å². The van der Waals surface area contributed by atoms with Gasteiger partial charge in [0, 0.05) is 18.2 Å². The van der Waals surface area contributed by atoms with E-state index in [2.05, 4.69) is 4.72 Å². The number of aliphatic hydroxyl groups excluding tert-OH is 1. The summed E-state index contributed by atoms with van der Waals surface area (Å²) in [5.41, 5.74) is 1.01.